The van der Waals surface area contributed by atoms with E-state index < -0.39 is 11.6 Å². The number of anilines is 1. The van der Waals surface area contributed by atoms with Crippen molar-refractivity contribution in [3.05, 3.63) is 29.8 Å². The van der Waals surface area contributed by atoms with Crippen molar-refractivity contribution < 1.29 is 8.78 Å². The highest BCUT2D eigenvalue weighted by molar-refractivity contribution is 5.50. The average molecular weight is 268 g/mol. The molecule has 0 amide bonds. The van der Waals surface area contributed by atoms with Crippen molar-refractivity contribution in [2.45, 2.75) is 39.3 Å². The van der Waals surface area contributed by atoms with Gasteiger partial charge in [-0.25, -0.2) is 8.78 Å². The predicted octanol–water partition coefficient (Wildman–Crippen LogP) is 3.18. The topological polar surface area (TPSA) is 15.3 Å². The standard InChI is InChI=1S/C15H22F2N2/c1-10(2)14-8-18-15(3,4)9-19(14)13-6-5-11(16)7-12(13)17/h5-7,10,14,18H,8-9H2,1-4H3. The molecule has 1 heterocycles. The van der Waals surface area contributed by atoms with Gasteiger partial charge < -0.3 is 10.2 Å². The first-order valence-electron chi connectivity index (χ1n) is 6.77. The molecule has 0 aromatic heterocycles. The zero-order valence-electron chi connectivity index (χ0n) is 12.0. The summed E-state index contributed by atoms with van der Waals surface area (Å²) in [7, 11) is 0. The van der Waals surface area contributed by atoms with Crippen LogP contribution in [0, 0.1) is 17.6 Å². The summed E-state index contributed by atoms with van der Waals surface area (Å²) in [5, 5.41) is 3.48. The number of nitrogens with zero attached hydrogens (tertiary/aromatic N) is 1. The van der Waals surface area contributed by atoms with E-state index in [4.69, 9.17) is 0 Å². The van der Waals surface area contributed by atoms with Crippen LogP contribution in [0.3, 0.4) is 0 Å². The van der Waals surface area contributed by atoms with E-state index in [9.17, 15) is 8.78 Å². The minimum absolute atomic E-state index is 0.0772. The first-order valence-corrected chi connectivity index (χ1v) is 6.77. The molecule has 0 radical (unpaired) electrons. The fourth-order valence-corrected chi connectivity index (χ4v) is 2.66. The molecule has 1 aromatic rings. The molecule has 1 unspecified atom stereocenters. The summed E-state index contributed by atoms with van der Waals surface area (Å²) in [4.78, 5) is 2.07. The third kappa shape index (κ3) is 3.06. The number of halogens is 2. The van der Waals surface area contributed by atoms with Gasteiger partial charge in [-0.2, -0.15) is 0 Å². The van der Waals surface area contributed by atoms with E-state index in [1.165, 1.54) is 6.07 Å². The minimum atomic E-state index is -0.531. The second-order valence-electron chi connectivity index (χ2n) is 6.30. The molecule has 1 atom stereocenters. The quantitative estimate of drug-likeness (QED) is 0.886. The third-order valence-corrected chi connectivity index (χ3v) is 3.74. The summed E-state index contributed by atoms with van der Waals surface area (Å²) in [5.41, 5.74) is 0.418. The Kier molecular flexibility index (Phi) is 3.81. The van der Waals surface area contributed by atoms with E-state index in [0.717, 1.165) is 12.6 Å². The van der Waals surface area contributed by atoms with Gasteiger partial charge in [0.15, 0.2) is 0 Å². The predicted molar refractivity (Wildman–Crippen MR) is 74.4 cm³/mol. The van der Waals surface area contributed by atoms with Crippen LogP contribution in [0.15, 0.2) is 18.2 Å². The monoisotopic (exact) mass is 268 g/mol. The second-order valence-corrected chi connectivity index (χ2v) is 6.30. The summed E-state index contributed by atoms with van der Waals surface area (Å²) in [6.07, 6.45) is 0. The van der Waals surface area contributed by atoms with Gasteiger partial charge in [0.05, 0.1) is 5.69 Å². The van der Waals surface area contributed by atoms with E-state index in [-0.39, 0.29) is 11.6 Å². The van der Waals surface area contributed by atoms with Crippen LogP contribution in [-0.2, 0) is 0 Å². The van der Waals surface area contributed by atoms with Gasteiger partial charge in [0.1, 0.15) is 11.6 Å². The third-order valence-electron chi connectivity index (χ3n) is 3.74. The van der Waals surface area contributed by atoms with Crippen LogP contribution in [-0.4, -0.2) is 24.7 Å². The number of benzene rings is 1. The van der Waals surface area contributed by atoms with Crippen LogP contribution in [0.1, 0.15) is 27.7 Å². The Bertz CT molecular complexity index is 457. The van der Waals surface area contributed by atoms with Crippen molar-refractivity contribution in [2.24, 2.45) is 5.92 Å². The molecule has 2 nitrogen and oxygen atoms in total. The maximum atomic E-state index is 14.0. The van der Waals surface area contributed by atoms with Gasteiger partial charge in [-0.15, -0.1) is 0 Å². The molecule has 0 bridgehead atoms. The molecule has 1 saturated heterocycles. The SMILES string of the molecule is CC(C)C1CNC(C)(C)CN1c1ccc(F)cc1F. The van der Waals surface area contributed by atoms with Crippen molar-refractivity contribution in [3.63, 3.8) is 0 Å². The fourth-order valence-electron chi connectivity index (χ4n) is 2.66. The van der Waals surface area contributed by atoms with Gasteiger partial charge in [-0.1, -0.05) is 13.8 Å². The van der Waals surface area contributed by atoms with Crippen LogP contribution in [0.2, 0.25) is 0 Å². The lowest BCUT2D eigenvalue weighted by Gasteiger charge is -2.47. The minimum Gasteiger partial charge on any atom is -0.363 e. The fraction of sp³-hybridized carbons (Fsp3) is 0.600. The first-order chi connectivity index (χ1) is 8.80. The highest BCUT2D eigenvalue weighted by Crippen LogP contribution is 2.29. The van der Waals surface area contributed by atoms with Crippen LogP contribution < -0.4 is 10.2 Å². The van der Waals surface area contributed by atoms with E-state index in [1.54, 1.807) is 6.07 Å². The van der Waals surface area contributed by atoms with Crippen molar-refractivity contribution in [3.8, 4) is 0 Å². The summed E-state index contributed by atoms with van der Waals surface area (Å²) in [5.74, 6) is -0.617. The molecule has 0 spiro atoms. The molecule has 4 heteroatoms. The summed E-state index contributed by atoms with van der Waals surface area (Å²) >= 11 is 0. The van der Waals surface area contributed by atoms with E-state index in [1.807, 2.05) is 0 Å². The molecule has 19 heavy (non-hydrogen) atoms. The Balaban J connectivity index is 2.36. The van der Waals surface area contributed by atoms with E-state index in [2.05, 4.69) is 37.9 Å². The molecule has 2 rings (SSSR count). The van der Waals surface area contributed by atoms with E-state index in [0.29, 0.717) is 18.2 Å². The number of nitrogens with one attached hydrogen (secondary N) is 1. The molecular formula is C15H22F2N2. The molecule has 1 N–H and O–H groups in total. The normalized spacial score (nSPS) is 22.9. The number of rotatable bonds is 2. The van der Waals surface area contributed by atoms with Crippen LogP contribution >= 0.6 is 0 Å². The lowest BCUT2D eigenvalue weighted by atomic mass is 9.92. The second kappa shape index (κ2) is 5.08. The van der Waals surface area contributed by atoms with Gasteiger partial charge in [0.2, 0.25) is 0 Å². The van der Waals surface area contributed by atoms with E-state index >= 15 is 0 Å². The number of piperazine rings is 1. The Morgan fingerprint density at radius 3 is 2.58 bits per heavy atom. The van der Waals surface area contributed by atoms with Crippen molar-refractivity contribution >= 4 is 5.69 Å². The molecule has 1 aliphatic heterocycles. The zero-order chi connectivity index (χ0) is 14.2. The molecule has 0 aliphatic carbocycles. The van der Waals surface area contributed by atoms with Gasteiger partial charge in [-0.3, -0.25) is 0 Å². The molecule has 0 saturated carbocycles. The summed E-state index contributed by atoms with van der Waals surface area (Å²) < 4.78 is 27.1. The number of hydrogen-bond acceptors (Lipinski definition) is 2. The lowest BCUT2D eigenvalue weighted by molar-refractivity contribution is 0.275. The lowest BCUT2D eigenvalue weighted by Crippen LogP contribution is -2.63. The smallest absolute Gasteiger partial charge is 0.149 e. The summed E-state index contributed by atoms with van der Waals surface area (Å²) in [6.45, 7) is 9.95. The maximum absolute atomic E-state index is 14.0. The molecule has 1 aliphatic rings. The molecule has 1 fully saturated rings. The van der Waals surface area contributed by atoms with Crippen LogP contribution in [0.5, 0.6) is 0 Å². The molecule has 106 valence electrons. The first kappa shape index (κ1) is 14.3. The maximum Gasteiger partial charge on any atom is 0.149 e. The number of hydrogen-bond donors (Lipinski definition) is 1. The Morgan fingerprint density at radius 2 is 2.00 bits per heavy atom. The van der Waals surface area contributed by atoms with Crippen molar-refractivity contribution in [1.29, 1.82) is 0 Å². The average Bonchev–Trinajstić information content (AvgIpc) is 2.27. The molecule has 1 aromatic carbocycles. The van der Waals surface area contributed by atoms with Gasteiger partial charge in [0, 0.05) is 30.7 Å². The van der Waals surface area contributed by atoms with Gasteiger partial charge in [0.25, 0.3) is 0 Å². The van der Waals surface area contributed by atoms with Crippen molar-refractivity contribution in [2.75, 3.05) is 18.0 Å². The van der Waals surface area contributed by atoms with Crippen molar-refractivity contribution in [1.82, 2.24) is 5.32 Å². The molecular weight excluding hydrogens is 246 g/mol. The Labute approximate surface area is 113 Å². The Morgan fingerprint density at radius 1 is 1.32 bits per heavy atom. The highest BCUT2D eigenvalue weighted by Gasteiger charge is 2.35. The summed E-state index contributed by atoms with van der Waals surface area (Å²) in [6, 6.07) is 4.04. The van der Waals surface area contributed by atoms with Gasteiger partial charge >= 0.3 is 0 Å². The largest absolute Gasteiger partial charge is 0.363 e. The zero-order valence-corrected chi connectivity index (χ0v) is 12.0. The highest BCUT2D eigenvalue weighted by atomic mass is 19.1. The van der Waals surface area contributed by atoms with Crippen LogP contribution in [0.4, 0.5) is 14.5 Å². The van der Waals surface area contributed by atoms with Gasteiger partial charge in [-0.05, 0) is 31.9 Å². The van der Waals surface area contributed by atoms with Crippen LogP contribution in [0.25, 0.3) is 0 Å². The Hall–Kier alpha value is -1.16.